The minimum Gasteiger partial charge on any atom is -0.477 e. The van der Waals surface area contributed by atoms with Crippen LogP contribution in [0.1, 0.15) is 18.7 Å². The SMILES string of the molecule is CCOc1nc(NC)nc2sc(CC)cc12. The van der Waals surface area contributed by atoms with Crippen molar-refractivity contribution in [3.8, 4) is 5.88 Å². The molecule has 0 bridgehead atoms. The summed E-state index contributed by atoms with van der Waals surface area (Å²) in [5.41, 5.74) is 0. The maximum absolute atomic E-state index is 5.54. The van der Waals surface area contributed by atoms with Gasteiger partial charge in [-0.3, -0.25) is 0 Å². The second-order valence-electron chi connectivity index (χ2n) is 3.32. The molecule has 0 aromatic carbocycles. The molecular formula is C11H15N3OS. The zero-order valence-electron chi connectivity index (χ0n) is 9.70. The second-order valence-corrected chi connectivity index (χ2v) is 4.44. The van der Waals surface area contributed by atoms with Crippen molar-refractivity contribution in [2.75, 3.05) is 19.0 Å². The summed E-state index contributed by atoms with van der Waals surface area (Å²) in [4.78, 5) is 11.0. The van der Waals surface area contributed by atoms with Crippen LogP contribution in [0.4, 0.5) is 5.95 Å². The number of hydrogen-bond donors (Lipinski definition) is 1. The van der Waals surface area contributed by atoms with Crippen molar-refractivity contribution in [1.29, 1.82) is 0 Å². The molecule has 0 amide bonds. The number of nitrogens with zero attached hydrogens (tertiary/aromatic N) is 2. The Hall–Kier alpha value is -1.36. The Labute approximate surface area is 98.7 Å². The van der Waals surface area contributed by atoms with Crippen LogP contribution in [-0.2, 0) is 6.42 Å². The predicted molar refractivity (Wildman–Crippen MR) is 67.5 cm³/mol. The molecule has 0 aliphatic heterocycles. The van der Waals surface area contributed by atoms with Crippen LogP contribution >= 0.6 is 11.3 Å². The lowest BCUT2D eigenvalue weighted by Crippen LogP contribution is -2.00. The Morgan fingerprint density at radius 1 is 1.38 bits per heavy atom. The minimum absolute atomic E-state index is 0.612. The first kappa shape index (κ1) is 11.1. The molecule has 0 aliphatic rings. The molecular weight excluding hydrogens is 222 g/mol. The van der Waals surface area contributed by atoms with Crippen LogP contribution in [0.5, 0.6) is 5.88 Å². The second kappa shape index (κ2) is 4.65. The van der Waals surface area contributed by atoms with Gasteiger partial charge in [0, 0.05) is 11.9 Å². The van der Waals surface area contributed by atoms with E-state index in [2.05, 4.69) is 28.3 Å². The Bertz CT molecular complexity index is 495. The van der Waals surface area contributed by atoms with Gasteiger partial charge in [0.25, 0.3) is 0 Å². The van der Waals surface area contributed by atoms with E-state index in [9.17, 15) is 0 Å². The molecule has 0 fully saturated rings. The predicted octanol–water partition coefficient (Wildman–Crippen LogP) is 2.69. The fraction of sp³-hybridized carbons (Fsp3) is 0.455. The fourth-order valence-electron chi connectivity index (χ4n) is 1.48. The molecule has 2 rings (SSSR count). The van der Waals surface area contributed by atoms with Crippen molar-refractivity contribution in [3.05, 3.63) is 10.9 Å². The Morgan fingerprint density at radius 2 is 2.19 bits per heavy atom. The maximum atomic E-state index is 5.54. The number of fused-ring (bicyclic) bond motifs is 1. The highest BCUT2D eigenvalue weighted by atomic mass is 32.1. The van der Waals surface area contributed by atoms with Gasteiger partial charge in [0.1, 0.15) is 4.83 Å². The lowest BCUT2D eigenvalue weighted by Gasteiger charge is -2.05. The van der Waals surface area contributed by atoms with Crippen LogP contribution in [-0.4, -0.2) is 23.6 Å². The summed E-state index contributed by atoms with van der Waals surface area (Å²) in [5.74, 6) is 1.29. The van der Waals surface area contributed by atoms with Gasteiger partial charge in [-0.1, -0.05) is 6.92 Å². The molecule has 5 heteroatoms. The molecule has 4 nitrogen and oxygen atoms in total. The first-order chi connectivity index (χ1) is 7.78. The number of hydrogen-bond acceptors (Lipinski definition) is 5. The van der Waals surface area contributed by atoms with E-state index in [-0.39, 0.29) is 0 Å². The van der Waals surface area contributed by atoms with Crippen LogP contribution < -0.4 is 10.1 Å². The standard InChI is InChI=1S/C11H15N3OS/c1-4-7-6-8-9(15-5-2)13-11(12-3)14-10(8)16-7/h6H,4-5H2,1-3H3,(H,12,13,14). The molecule has 0 unspecified atom stereocenters. The number of aromatic nitrogens is 2. The summed E-state index contributed by atoms with van der Waals surface area (Å²) in [5, 5.41) is 3.97. The molecule has 0 saturated carbocycles. The van der Waals surface area contributed by atoms with E-state index in [4.69, 9.17) is 4.74 Å². The Morgan fingerprint density at radius 3 is 2.81 bits per heavy atom. The summed E-state index contributed by atoms with van der Waals surface area (Å²) in [6, 6.07) is 2.12. The van der Waals surface area contributed by atoms with Crippen LogP contribution in [0.25, 0.3) is 10.2 Å². The maximum Gasteiger partial charge on any atom is 0.227 e. The largest absolute Gasteiger partial charge is 0.477 e. The molecule has 0 aliphatic carbocycles. The first-order valence-electron chi connectivity index (χ1n) is 5.39. The summed E-state index contributed by atoms with van der Waals surface area (Å²) in [6.45, 7) is 4.71. The number of rotatable bonds is 4. The Kier molecular flexibility index (Phi) is 3.24. The number of thiophene rings is 1. The van der Waals surface area contributed by atoms with Crippen molar-refractivity contribution < 1.29 is 4.74 Å². The average molecular weight is 237 g/mol. The van der Waals surface area contributed by atoms with Crippen molar-refractivity contribution >= 4 is 27.5 Å². The van der Waals surface area contributed by atoms with Crippen LogP contribution in [0.15, 0.2) is 6.07 Å². The quantitative estimate of drug-likeness (QED) is 0.888. The van der Waals surface area contributed by atoms with E-state index in [1.54, 1.807) is 11.3 Å². The summed E-state index contributed by atoms with van der Waals surface area (Å²) in [6.07, 6.45) is 1.02. The van der Waals surface area contributed by atoms with Gasteiger partial charge < -0.3 is 10.1 Å². The molecule has 16 heavy (non-hydrogen) atoms. The molecule has 0 saturated heterocycles. The molecule has 2 heterocycles. The van der Waals surface area contributed by atoms with Gasteiger partial charge >= 0.3 is 0 Å². The molecule has 2 aromatic rings. The molecule has 1 N–H and O–H groups in total. The number of anilines is 1. The molecule has 0 atom stereocenters. The number of ether oxygens (including phenoxy) is 1. The van der Waals surface area contributed by atoms with Gasteiger partial charge in [0.15, 0.2) is 0 Å². The van der Waals surface area contributed by atoms with E-state index in [0.29, 0.717) is 18.4 Å². The third-order valence-corrected chi connectivity index (χ3v) is 3.44. The van der Waals surface area contributed by atoms with Crippen LogP contribution in [0, 0.1) is 0 Å². The van der Waals surface area contributed by atoms with Gasteiger partial charge in [-0.25, -0.2) is 4.98 Å². The number of aryl methyl sites for hydroxylation is 1. The lowest BCUT2D eigenvalue weighted by molar-refractivity contribution is 0.331. The fourth-order valence-corrected chi connectivity index (χ4v) is 2.44. The summed E-state index contributed by atoms with van der Waals surface area (Å²) >= 11 is 1.70. The third-order valence-electron chi connectivity index (χ3n) is 2.26. The smallest absolute Gasteiger partial charge is 0.227 e. The van der Waals surface area contributed by atoms with E-state index >= 15 is 0 Å². The lowest BCUT2D eigenvalue weighted by atomic mass is 10.3. The van der Waals surface area contributed by atoms with Gasteiger partial charge in [0.05, 0.1) is 12.0 Å². The molecule has 0 radical (unpaired) electrons. The van der Waals surface area contributed by atoms with E-state index in [0.717, 1.165) is 16.6 Å². The van der Waals surface area contributed by atoms with Gasteiger partial charge in [-0.05, 0) is 19.4 Å². The number of nitrogens with one attached hydrogen (secondary N) is 1. The molecule has 86 valence electrons. The summed E-state index contributed by atoms with van der Waals surface area (Å²) < 4.78 is 5.54. The zero-order valence-corrected chi connectivity index (χ0v) is 10.5. The monoisotopic (exact) mass is 237 g/mol. The van der Waals surface area contributed by atoms with Crippen molar-refractivity contribution in [2.45, 2.75) is 20.3 Å². The van der Waals surface area contributed by atoms with Gasteiger partial charge in [-0.2, -0.15) is 4.98 Å². The molecule has 2 aromatic heterocycles. The van der Waals surface area contributed by atoms with Crippen LogP contribution in [0.3, 0.4) is 0 Å². The topological polar surface area (TPSA) is 47.0 Å². The first-order valence-corrected chi connectivity index (χ1v) is 6.21. The normalized spacial score (nSPS) is 10.7. The summed E-state index contributed by atoms with van der Waals surface area (Å²) in [7, 11) is 1.81. The van der Waals surface area contributed by atoms with E-state index < -0.39 is 0 Å². The van der Waals surface area contributed by atoms with Crippen molar-refractivity contribution in [3.63, 3.8) is 0 Å². The minimum atomic E-state index is 0.612. The van der Waals surface area contributed by atoms with Gasteiger partial charge in [-0.15, -0.1) is 11.3 Å². The van der Waals surface area contributed by atoms with E-state index in [1.807, 2.05) is 14.0 Å². The van der Waals surface area contributed by atoms with Gasteiger partial charge in [0.2, 0.25) is 11.8 Å². The zero-order chi connectivity index (χ0) is 11.5. The van der Waals surface area contributed by atoms with E-state index in [1.165, 1.54) is 4.88 Å². The molecule has 0 spiro atoms. The highest BCUT2D eigenvalue weighted by Gasteiger charge is 2.11. The van der Waals surface area contributed by atoms with Crippen molar-refractivity contribution in [1.82, 2.24) is 9.97 Å². The van der Waals surface area contributed by atoms with Crippen LogP contribution in [0.2, 0.25) is 0 Å². The highest BCUT2D eigenvalue weighted by Crippen LogP contribution is 2.31. The Balaban J connectivity index is 2.59. The average Bonchev–Trinajstić information content (AvgIpc) is 2.72. The van der Waals surface area contributed by atoms with Crippen molar-refractivity contribution in [2.24, 2.45) is 0 Å². The third kappa shape index (κ3) is 1.95. The highest BCUT2D eigenvalue weighted by molar-refractivity contribution is 7.18.